The number of nitrogens with zero attached hydrogens (tertiary/aromatic N) is 3. The number of nitro groups is 2. The number of hydrogen-bond acceptors (Lipinski definition) is 10. The molecular weight excluding hydrogens is 686 g/mol. The van der Waals surface area contributed by atoms with E-state index in [9.17, 15) is 34.9 Å². The molecule has 0 radical (unpaired) electrons. The standard InChI is InChI=1S/C32H29Cl2FN4O9.CH4/c1-47-29-19(30(41)48-2)10-9-17(27(29)38(43)44)24(40)13-23-28(39(45)46)25(18-4-3-5-21(34)26(18)35)32(37(23)14-15-6-7-15)20-11-8-16(33)12-22(20)36-31(32)42;/h3-5,8-12,15,23-25,28,40H,6-7,13-14H2,1-2H3,(H,36,42);1H4/t23-,24?,25-,28+,32+;/m0./s1. The molecule has 2 aliphatic heterocycles. The fourth-order valence-corrected chi connectivity index (χ4v) is 7.77. The number of amides is 1. The summed E-state index contributed by atoms with van der Waals surface area (Å²) < 4.78 is 25.9. The van der Waals surface area contributed by atoms with Crippen LogP contribution in [0.15, 0.2) is 48.5 Å². The van der Waals surface area contributed by atoms with Gasteiger partial charge in [0.05, 0.1) is 47.8 Å². The number of ether oxygens (including phenoxy) is 2. The third-order valence-corrected chi connectivity index (χ3v) is 10.0. The number of methoxy groups -OCH3 is 2. The molecule has 2 N–H and O–H groups in total. The van der Waals surface area contributed by atoms with Crippen molar-refractivity contribution in [1.29, 1.82) is 0 Å². The number of nitro benzene ring substituents is 1. The normalized spacial score (nSPS) is 23.4. The Morgan fingerprint density at radius 1 is 1.16 bits per heavy atom. The molecule has 0 aromatic heterocycles. The second kappa shape index (κ2) is 13.5. The van der Waals surface area contributed by atoms with Crippen LogP contribution in [0.4, 0.5) is 15.8 Å². The number of carbonyl (C=O) groups is 2. The van der Waals surface area contributed by atoms with Crippen LogP contribution in [0, 0.1) is 32.0 Å². The molecule has 1 unspecified atom stereocenters. The van der Waals surface area contributed by atoms with E-state index >= 15 is 4.39 Å². The minimum Gasteiger partial charge on any atom is -0.490 e. The van der Waals surface area contributed by atoms with Gasteiger partial charge >= 0.3 is 11.7 Å². The number of aliphatic hydroxyl groups is 1. The monoisotopic (exact) mass is 718 g/mol. The summed E-state index contributed by atoms with van der Waals surface area (Å²) in [6.07, 6.45) is -0.687. The molecule has 1 spiro atoms. The average Bonchev–Trinajstić information content (AvgIpc) is 3.77. The van der Waals surface area contributed by atoms with E-state index in [0.717, 1.165) is 33.1 Å². The van der Waals surface area contributed by atoms with Gasteiger partial charge in [-0.15, -0.1) is 0 Å². The van der Waals surface area contributed by atoms with Crippen molar-refractivity contribution in [1.82, 2.24) is 4.90 Å². The molecule has 49 heavy (non-hydrogen) atoms. The van der Waals surface area contributed by atoms with E-state index in [1.54, 1.807) is 11.0 Å². The molecular formula is C33H33Cl2FN4O9. The van der Waals surface area contributed by atoms with E-state index in [0.29, 0.717) is 11.3 Å². The van der Waals surface area contributed by atoms with Crippen LogP contribution in [0.2, 0.25) is 10.0 Å². The number of likely N-dealkylation sites (tertiary alicyclic amines) is 1. The first kappa shape index (κ1) is 35.9. The van der Waals surface area contributed by atoms with Gasteiger partial charge in [-0.25, -0.2) is 9.18 Å². The van der Waals surface area contributed by atoms with Crippen LogP contribution in [-0.4, -0.2) is 64.6 Å². The number of benzene rings is 3. The van der Waals surface area contributed by atoms with Crippen molar-refractivity contribution >= 4 is 46.5 Å². The lowest BCUT2D eigenvalue weighted by Gasteiger charge is -2.39. The Balaban J connectivity index is 0.00000468. The van der Waals surface area contributed by atoms with Crippen molar-refractivity contribution in [3.05, 3.63) is 107 Å². The van der Waals surface area contributed by atoms with E-state index in [4.69, 9.17) is 32.7 Å². The van der Waals surface area contributed by atoms with E-state index in [1.807, 2.05) is 0 Å². The van der Waals surface area contributed by atoms with Crippen molar-refractivity contribution in [2.24, 2.45) is 5.92 Å². The molecule has 5 atom stereocenters. The Morgan fingerprint density at radius 2 is 1.88 bits per heavy atom. The number of hydrogen-bond donors (Lipinski definition) is 2. The van der Waals surface area contributed by atoms with Crippen LogP contribution in [-0.2, 0) is 15.1 Å². The Bertz CT molecular complexity index is 1860. The lowest BCUT2D eigenvalue weighted by Crippen LogP contribution is -2.53. The predicted octanol–water partition coefficient (Wildman–Crippen LogP) is 6.27. The molecule has 260 valence electrons. The van der Waals surface area contributed by atoms with E-state index in [-0.39, 0.29) is 46.6 Å². The molecule has 3 aromatic carbocycles. The van der Waals surface area contributed by atoms with Gasteiger partial charge in [-0.1, -0.05) is 48.8 Å². The molecule has 13 nitrogen and oxygen atoms in total. The lowest BCUT2D eigenvalue weighted by atomic mass is 9.73. The van der Waals surface area contributed by atoms with Crippen LogP contribution >= 0.6 is 23.2 Å². The van der Waals surface area contributed by atoms with E-state index < -0.39 is 75.0 Å². The zero-order valence-corrected chi connectivity index (χ0v) is 27.0. The number of esters is 1. The van der Waals surface area contributed by atoms with Gasteiger partial charge in [-0.05, 0) is 55.5 Å². The number of anilines is 1. The van der Waals surface area contributed by atoms with Crippen molar-refractivity contribution < 1.29 is 38.4 Å². The van der Waals surface area contributed by atoms with Gasteiger partial charge in [0.25, 0.3) is 5.91 Å². The summed E-state index contributed by atoms with van der Waals surface area (Å²) in [6, 6.07) is 8.05. The molecule has 2 fully saturated rings. The smallest absolute Gasteiger partial charge is 0.341 e. The van der Waals surface area contributed by atoms with Crippen molar-refractivity contribution in [2.45, 2.75) is 56.3 Å². The number of aliphatic hydroxyl groups excluding tert-OH is 1. The first-order valence-electron chi connectivity index (χ1n) is 14.9. The van der Waals surface area contributed by atoms with Gasteiger partial charge in [-0.2, -0.15) is 0 Å². The zero-order chi connectivity index (χ0) is 34.7. The Kier molecular flexibility index (Phi) is 9.90. The van der Waals surface area contributed by atoms with Gasteiger partial charge in [0.2, 0.25) is 11.8 Å². The topological polar surface area (TPSA) is 174 Å². The summed E-state index contributed by atoms with van der Waals surface area (Å²) in [4.78, 5) is 52.5. The molecule has 16 heteroatoms. The number of carbonyl (C=O) groups excluding carboxylic acids is 2. The number of fused-ring (bicyclic) bond motifs is 2. The summed E-state index contributed by atoms with van der Waals surface area (Å²) in [5.74, 6) is -4.40. The minimum absolute atomic E-state index is 0. The van der Waals surface area contributed by atoms with Crippen molar-refractivity contribution in [3.8, 4) is 5.75 Å². The summed E-state index contributed by atoms with van der Waals surface area (Å²) in [7, 11) is 2.20. The van der Waals surface area contributed by atoms with Gasteiger partial charge in [0.1, 0.15) is 16.9 Å². The molecule has 3 aliphatic rings. The number of halogens is 3. The number of nitrogens with one attached hydrogen (secondary N) is 1. The fraction of sp³-hybridized carbons (Fsp3) is 0.394. The summed E-state index contributed by atoms with van der Waals surface area (Å²) in [5.41, 5.74) is -2.68. The SMILES string of the molecule is C.COC(=O)c1ccc(C(O)C[C@H]2[C@@H]([N+](=O)[O-])[C@H](c3cccc(Cl)c3F)[C@]3(C(=O)Nc4cc(Cl)ccc43)N2CC2CC2)c([N+](=O)[O-])c1OC. The predicted molar refractivity (Wildman–Crippen MR) is 177 cm³/mol. The average molecular weight is 720 g/mol. The van der Waals surface area contributed by atoms with Crippen LogP contribution < -0.4 is 10.1 Å². The Labute approximate surface area is 290 Å². The number of rotatable bonds is 10. The highest BCUT2D eigenvalue weighted by molar-refractivity contribution is 6.31. The highest BCUT2D eigenvalue weighted by atomic mass is 35.5. The molecule has 1 aliphatic carbocycles. The van der Waals surface area contributed by atoms with Gasteiger partial charge in [0, 0.05) is 33.3 Å². The fourth-order valence-electron chi connectivity index (χ4n) is 7.41. The maximum atomic E-state index is 16.0. The first-order valence-corrected chi connectivity index (χ1v) is 15.7. The van der Waals surface area contributed by atoms with Crippen LogP contribution in [0.1, 0.15) is 65.8 Å². The summed E-state index contributed by atoms with van der Waals surface area (Å²) in [6.45, 7) is 0.169. The molecule has 0 bridgehead atoms. The van der Waals surface area contributed by atoms with Crippen molar-refractivity contribution in [3.63, 3.8) is 0 Å². The second-order valence-electron chi connectivity index (χ2n) is 12.1. The molecule has 1 saturated heterocycles. The third-order valence-electron chi connectivity index (χ3n) is 9.52. The first-order chi connectivity index (χ1) is 22.9. The maximum absolute atomic E-state index is 16.0. The molecule has 1 amide bonds. The van der Waals surface area contributed by atoms with E-state index in [2.05, 4.69) is 5.32 Å². The highest BCUT2D eigenvalue weighted by Crippen LogP contribution is 2.60. The highest BCUT2D eigenvalue weighted by Gasteiger charge is 2.71. The van der Waals surface area contributed by atoms with Crippen LogP contribution in [0.3, 0.4) is 0 Å². The summed E-state index contributed by atoms with van der Waals surface area (Å²) in [5, 5.41) is 40.1. The second-order valence-corrected chi connectivity index (χ2v) is 12.9. The Morgan fingerprint density at radius 3 is 2.49 bits per heavy atom. The third kappa shape index (κ3) is 5.75. The largest absolute Gasteiger partial charge is 0.490 e. The van der Waals surface area contributed by atoms with E-state index in [1.165, 1.54) is 36.4 Å². The zero-order valence-electron chi connectivity index (χ0n) is 25.5. The molecule has 6 rings (SSSR count). The molecule has 1 saturated carbocycles. The minimum atomic E-state index is -1.85. The molecule has 2 heterocycles. The van der Waals surface area contributed by atoms with Gasteiger partial charge in [-0.3, -0.25) is 29.9 Å². The summed E-state index contributed by atoms with van der Waals surface area (Å²) >= 11 is 12.5. The van der Waals surface area contributed by atoms with Gasteiger partial charge in [0.15, 0.2) is 0 Å². The quantitative estimate of drug-likeness (QED) is 0.138. The Hall–Kier alpha value is -4.37. The van der Waals surface area contributed by atoms with Crippen molar-refractivity contribution in [2.75, 3.05) is 26.1 Å². The lowest BCUT2D eigenvalue weighted by molar-refractivity contribution is -0.528. The molecule has 3 aromatic rings. The van der Waals surface area contributed by atoms with Crippen LogP contribution in [0.5, 0.6) is 5.75 Å². The van der Waals surface area contributed by atoms with Gasteiger partial charge < -0.3 is 19.9 Å². The maximum Gasteiger partial charge on any atom is 0.341 e. The van der Waals surface area contributed by atoms with Crippen LogP contribution in [0.25, 0.3) is 0 Å².